The quantitative estimate of drug-likeness (QED) is 0.584. The van der Waals surface area contributed by atoms with Gasteiger partial charge in [-0.05, 0) is 60.6 Å². The van der Waals surface area contributed by atoms with Gasteiger partial charge in [0, 0.05) is 11.0 Å². The number of alkyl halides is 2. The molecule has 3 aromatic rings. The highest BCUT2D eigenvalue weighted by Crippen LogP contribution is 2.80. The molecule has 0 amide bonds. The van der Waals surface area contributed by atoms with Crippen LogP contribution >= 0.6 is 0 Å². The topological polar surface area (TPSA) is 74.7 Å². The van der Waals surface area contributed by atoms with Crippen LogP contribution in [0.25, 0.3) is 0 Å². The molecule has 0 unspecified atom stereocenters. The standard InChI is InChI=1S/C23H18F4N4O/c24-17-5-6-19(25)18(7-17)22(32,12-31-14-29-13-30-31)23(26,27)21-9-20(10-21,11-21)16-3-1-15(8-28)2-4-16/h1-7,13-14,32H,9-12H2/t20?,21?,22-/m1/s1. The van der Waals surface area contributed by atoms with Crippen molar-refractivity contribution in [1.82, 2.24) is 14.8 Å². The molecule has 164 valence electrons. The number of aromatic nitrogens is 3. The maximum atomic E-state index is 16.1. The van der Waals surface area contributed by atoms with Crippen LogP contribution in [0.1, 0.15) is 36.0 Å². The summed E-state index contributed by atoms with van der Waals surface area (Å²) in [4.78, 5) is 3.70. The Morgan fingerprint density at radius 1 is 1.09 bits per heavy atom. The third-order valence-corrected chi connectivity index (χ3v) is 7.07. The monoisotopic (exact) mass is 442 g/mol. The van der Waals surface area contributed by atoms with Gasteiger partial charge in [-0.2, -0.15) is 10.4 Å². The van der Waals surface area contributed by atoms with Gasteiger partial charge in [-0.25, -0.2) is 27.2 Å². The molecular weight excluding hydrogens is 424 g/mol. The Bertz CT molecular complexity index is 1200. The van der Waals surface area contributed by atoms with Crippen molar-refractivity contribution in [2.75, 3.05) is 0 Å². The molecule has 0 spiro atoms. The Hall–Kier alpha value is -3.25. The maximum Gasteiger partial charge on any atom is 0.287 e. The van der Waals surface area contributed by atoms with Gasteiger partial charge in [0.2, 0.25) is 0 Å². The van der Waals surface area contributed by atoms with Crippen molar-refractivity contribution in [2.45, 2.75) is 42.7 Å². The minimum Gasteiger partial charge on any atom is -0.377 e. The third-order valence-electron chi connectivity index (χ3n) is 7.07. The van der Waals surface area contributed by atoms with E-state index in [2.05, 4.69) is 10.1 Å². The van der Waals surface area contributed by atoms with Gasteiger partial charge < -0.3 is 5.11 Å². The molecule has 6 rings (SSSR count). The molecule has 3 saturated carbocycles. The number of nitrogens with zero attached hydrogens (tertiary/aromatic N) is 4. The van der Waals surface area contributed by atoms with Gasteiger partial charge in [0.1, 0.15) is 24.3 Å². The van der Waals surface area contributed by atoms with E-state index in [1.165, 1.54) is 0 Å². The molecule has 3 fully saturated rings. The summed E-state index contributed by atoms with van der Waals surface area (Å²) >= 11 is 0. The second-order valence-corrected chi connectivity index (χ2v) is 8.93. The first kappa shape index (κ1) is 20.6. The highest BCUT2D eigenvalue weighted by atomic mass is 19.3. The number of rotatable bonds is 6. The van der Waals surface area contributed by atoms with Gasteiger partial charge in [-0.3, -0.25) is 0 Å². The first-order valence-electron chi connectivity index (χ1n) is 10.0. The Morgan fingerprint density at radius 3 is 2.38 bits per heavy atom. The van der Waals surface area contributed by atoms with Gasteiger partial charge in [-0.15, -0.1) is 0 Å². The van der Waals surface area contributed by atoms with Crippen LogP contribution < -0.4 is 0 Å². The van der Waals surface area contributed by atoms with E-state index in [1.807, 2.05) is 6.07 Å². The number of aliphatic hydroxyl groups is 1. The molecule has 2 bridgehead atoms. The van der Waals surface area contributed by atoms with Crippen LogP contribution in [0.5, 0.6) is 0 Å². The van der Waals surface area contributed by atoms with Crippen LogP contribution in [0.3, 0.4) is 0 Å². The van der Waals surface area contributed by atoms with Gasteiger partial charge in [0.15, 0.2) is 5.60 Å². The maximum absolute atomic E-state index is 16.1. The summed E-state index contributed by atoms with van der Waals surface area (Å²) in [5.41, 5.74) is -4.55. The molecule has 2 aromatic carbocycles. The van der Waals surface area contributed by atoms with Crippen molar-refractivity contribution in [3.05, 3.63) is 83.4 Å². The largest absolute Gasteiger partial charge is 0.377 e. The minimum absolute atomic E-state index is 0.0928. The molecule has 3 aliphatic carbocycles. The lowest BCUT2D eigenvalue weighted by atomic mass is 9.30. The summed E-state index contributed by atoms with van der Waals surface area (Å²) in [6, 6.07) is 11.0. The second-order valence-electron chi connectivity index (χ2n) is 8.93. The van der Waals surface area contributed by atoms with E-state index in [9.17, 15) is 13.9 Å². The average molecular weight is 442 g/mol. The summed E-state index contributed by atoms with van der Waals surface area (Å²) in [6.45, 7) is -0.786. The van der Waals surface area contributed by atoms with Crippen LogP contribution in [-0.4, -0.2) is 25.8 Å². The molecule has 32 heavy (non-hydrogen) atoms. The van der Waals surface area contributed by atoms with Crippen molar-refractivity contribution >= 4 is 0 Å². The molecule has 0 radical (unpaired) electrons. The lowest BCUT2D eigenvalue weighted by Gasteiger charge is -2.74. The zero-order chi connectivity index (χ0) is 22.8. The number of benzene rings is 2. The molecule has 9 heteroatoms. The van der Waals surface area contributed by atoms with Gasteiger partial charge >= 0.3 is 0 Å². The third kappa shape index (κ3) is 2.65. The summed E-state index contributed by atoms with van der Waals surface area (Å²) < 4.78 is 61.7. The normalized spacial score (nSPS) is 25.9. The van der Waals surface area contributed by atoms with E-state index in [4.69, 9.17) is 5.26 Å². The molecule has 1 aromatic heterocycles. The summed E-state index contributed by atoms with van der Waals surface area (Å²) in [6.07, 6.45) is 2.53. The van der Waals surface area contributed by atoms with Crippen molar-refractivity contribution in [1.29, 1.82) is 5.26 Å². The summed E-state index contributed by atoms with van der Waals surface area (Å²) in [7, 11) is 0. The lowest BCUT2D eigenvalue weighted by molar-refractivity contribution is -0.347. The first-order valence-corrected chi connectivity index (χ1v) is 10.0. The van der Waals surface area contributed by atoms with Crippen LogP contribution in [0.2, 0.25) is 0 Å². The summed E-state index contributed by atoms with van der Waals surface area (Å²) in [5.74, 6) is -5.84. The van der Waals surface area contributed by atoms with E-state index in [-0.39, 0.29) is 19.3 Å². The Morgan fingerprint density at radius 2 is 1.78 bits per heavy atom. The van der Waals surface area contributed by atoms with Gasteiger partial charge in [0.05, 0.1) is 18.2 Å². The average Bonchev–Trinajstić information content (AvgIpc) is 3.20. The predicted molar refractivity (Wildman–Crippen MR) is 104 cm³/mol. The van der Waals surface area contributed by atoms with Gasteiger partial charge in [-0.1, -0.05) is 12.1 Å². The molecule has 3 aliphatic rings. The fourth-order valence-corrected chi connectivity index (χ4v) is 5.48. The number of nitriles is 1. The second kappa shape index (κ2) is 6.62. The molecule has 0 saturated heterocycles. The van der Waals surface area contributed by atoms with Crippen LogP contribution in [-0.2, 0) is 17.6 Å². The Balaban J connectivity index is 1.51. The fraction of sp³-hybridized carbons (Fsp3) is 0.348. The zero-order valence-electron chi connectivity index (χ0n) is 16.8. The molecule has 0 aliphatic heterocycles. The van der Waals surface area contributed by atoms with Crippen molar-refractivity contribution < 1.29 is 22.7 Å². The van der Waals surface area contributed by atoms with Crippen molar-refractivity contribution in [3.63, 3.8) is 0 Å². The van der Waals surface area contributed by atoms with E-state index in [0.29, 0.717) is 11.6 Å². The van der Waals surface area contributed by atoms with Crippen molar-refractivity contribution in [3.8, 4) is 6.07 Å². The van der Waals surface area contributed by atoms with Gasteiger partial charge in [0.25, 0.3) is 5.92 Å². The zero-order valence-corrected chi connectivity index (χ0v) is 16.8. The van der Waals surface area contributed by atoms with Crippen LogP contribution in [0.4, 0.5) is 17.6 Å². The minimum atomic E-state index is -3.78. The fourth-order valence-electron chi connectivity index (χ4n) is 5.48. The lowest BCUT2D eigenvalue weighted by Crippen LogP contribution is -2.76. The van der Waals surface area contributed by atoms with E-state index < -0.39 is 46.1 Å². The molecular formula is C23H18F4N4O. The smallest absolute Gasteiger partial charge is 0.287 e. The Kier molecular flexibility index (Phi) is 4.27. The molecule has 1 atom stereocenters. The molecule has 5 nitrogen and oxygen atoms in total. The van der Waals surface area contributed by atoms with Crippen LogP contribution in [0.15, 0.2) is 55.1 Å². The number of hydrogen-bond donors (Lipinski definition) is 1. The molecule has 1 N–H and O–H groups in total. The number of halogens is 4. The summed E-state index contributed by atoms with van der Waals surface area (Å²) in [5, 5.41) is 24.1. The SMILES string of the molecule is N#Cc1ccc(C23CC(C(F)(F)[C@@](O)(Cn4cncn4)c4cc(F)ccc4F)(C2)C3)cc1. The number of hydrogen-bond acceptors (Lipinski definition) is 4. The van der Waals surface area contributed by atoms with E-state index in [1.54, 1.807) is 24.3 Å². The van der Waals surface area contributed by atoms with Crippen molar-refractivity contribution in [2.24, 2.45) is 5.41 Å². The van der Waals surface area contributed by atoms with E-state index >= 15 is 8.78 Å². The predicted octanol–water partition coefficient (Wildman–Crippen LogP) is 4.07. The van der Waals surface area contributed by atoms with E-state index in [0.717, 1.165) is 35.0 Å². The Labute approximate surface area is 180 Å². The first-order chi connectivity index (χ1) is 15.1. The highest BCUT2D eigenvalue weighted by molar-refractivity contribution is 5.45. The van der Waals surface area contributed by atoms with Crippen LogP contribution in [0, 0.1) is 28.4 Å². The molecule has 1 heterocycles. The highest BCUT2D eigenvalue weighted by Gasteiger charge is 2.82.